The lowest BCUT2D eigenvalue weighted by Crippen LogP contribution is -2.27. The monoisotopic (exact) mass is 396 g/mol. The van der Waals surface area contributed by atoms with E-state index >= 15 is 0 Å². The van der Waals surface area contributed by atoms with Crippen LogP contribution < -0.4 is 15.0 Å². The SMILES string of the molecule is O=C(N=c1sccn1Cc1ccccc1F)c1cccc(N2CCNC2=O)c1. The predicted molar refractivity (Wildman–Crippen MR) is 105 cm³/mol. The molecular formula is C20H17FN4O2S. The first kappa shape index (κ1) is 18.1. The molecular weight excluding hydrogens is 379 g/mol. The molecule has 1 aliphatic heterocycles. The molecule has 0 atom stereocenters. The summed E-state index contributed by atoms with van der Waals surface area (Å²) >= 11 is 1.31. The van der Waals surface area contributed by atoms with Gasteiger partial charge in [0.1, 0.15) is 5.82 Å². The smallest absolute Gasteiger partial charge is 0.321 e. The van der Waals surface area contributed by atoms with E-state index in [-0.39, 0.29) is 18.4 Å². The predicted octanol–water partition coefficient (Wildman–Crippen LogP) is 3.01. The second-order valence-corrected chi connectivity index (χ2v) is 7.13. The van der Waals surface area contributed by atoms with Gasteiger partial charge in [0.05, 0.1) is 6.54 Å². The summed E-state index contributed by atoms with van der Waals surface area (Å²) in [4.78, 5) is 30.8. The van der Waals surface area contributed by atoms with Crippen LogP contribution in [0.4, 0.5) is 14.9 Å². The van der Waals surface area contributed by atoms with Gasteiger partial charge >= 0.3 is 6.03 Å². The largest absolute Gasteiger partial charge is 0.336 e. The number of benzene rings is 2. The summed E-state index contributed by atoms with van der Waals surface area (Å²) in [6.07, 6.45) is 1.77. The molecule has 4 rings (SSSR count). The van der Waals surface area contributed by atoms with Crippen LogP contribution >= 0.6 is 11.3 Å². The molecule has 0 aliphatic carbocycles. The van der Waals surface area contributed by atoms with Crippen LogP contribution in [0.3, 0.4) is 0 Å². The minimum absolute atomic E-state index is 0.178. The van der Waals surface area contributed by atoms with Gasteiger partial charge < -0.3 is 9.88 Å². The Hall–Kier alpha value is -3.26. The van der Waals surface area contributed by atoms with Gasteiger partial charge in [-0.05, 0) is 24.3 Å². The third-order valence-electron chi connectivity index (χ3n) is 4.42. The molecule has 0 spiro atoms. The number of amides is 3. The van der Waals surface area contributed by atoms with E-state index in [0.717, 1.165) is 0 Å². The number of rotatable bonds is 4. The Morgan fingerprint density at radius 1 is 1.21 bits per heavy atom. The zero-order chi connectivity index (χ0) is 19.5. The van der Waals surface area contributed by atoms with Crippen molar-refractivity contribution in [3.8, 4) is 0 Å². The van der Waals surface area contributed by atoms with E-state index in [9.17, 15) is 14.0 Å². The van der Waals surface area contributed by atoms with Crippen molar-refractivity contribution in [1.29, 1.82) is 0 Å². The van der Waals surface area contributed by atoms with Crippen molar-refractivity contribution < 1.29 is 14.0 Å². The average molecular weight is 396 g/mol. The number of carbonyl (C=O) groups is 2. The van der Waals surface area contributed by atoms with E-state index in [0.29, 0.717) is 34.7 Å². The van der Waals surface area contributed by atoms with E-state index in [4.69, 9.17) is 0 Å². The topological polar surface area (TPSA) is 66.7 Å². The van der Waals surface area contributed by atoms with Crippen LogP contribution in [0.5, 0.6) is 0 Å². The highest BCUT2D eigenvalue weighted by Gasteiger charge is 2.21. The van der Waals surface area contributed by atoms with Gasteiger partial charge in [0.2, 0.25) is 0 Å². The van der Waals surface area contributed by atoms with Crippen LogP contribution in [-0.4, -0.2) is 29.6 Å². The maximum Gasteiger partial charge on any atom is 0.321 e. The molecule has 0 bridgehead atoms. The lowest BCUT2D eigenvalue weighted by molar-refractivity contribution is 0.0997. The highest BCUT2D eigenvalue weighted by molar-refractivity contribution is 7.07. The van der Waals surface area contributed by atoms with Gasteiger partial charge in [0.25, 0.3) is 5.91 Å². The number of halogens is 1. The summed E-state index contributed by atoms with van der Waals surface area (Å²) in [6.45, 7) is 1.42. The molecule has 1 saturated heterocycles. The van der Waals surface area contributed by atoms with E-state index < -0.39 is 5.91 Å². The van der Waals surface area contributed by atoms with E-state index in [1.165, 1.54) is 17.4 Å². The van der Waals surface area contributed by atoms with Gasteiger partial charge in [-0.25, -0.2) is 9.18 Å². The van der Waals surface area contributed by atoms with Gasteiger partial charge in [-0.15, -0.1) is 11.3 Å². The first-order chi connectivity index (χ1) is 13.6. The van der Waals surface area contributed by atoms with Crippen molar-refractivity contribution in [2.45, 2.75) is 6.54 Å². The first-order valence-corrected chi connectivity index (χ1v) is 9.61. The summed E-state index contributed by atoms with van der Waals surface area (Å²) < 4.78 is 15.7. The Labute approximate surface area is 164 Å². The minimum Gasteiger partial charge on any atom is -0.336 e. The van der Waals surface area contributed by atoms with E-state index in [2.05, 4.69) is 10.3 Å². The van der Waals surface area contributed by atoms with Crippen LogP contribution in [0.15, 0.2) is 65.1 Å². The molecule has 1 N–H and O–H groups in total. The summed E-state index contributed by atoms with van der Waals surface area (Å²) in [5.41, 5.74) is 1.57. The summed E-state index contributed by atoms with van der Waals surface area (Å²) in [5, 5.41) is 4.54. The van der Waals surface area contributed by atoms with Crippen molar-refractivity contribution in [1.82, 2.24) is 9.88 Å². The van der Waals surface area contributed by atoms with Gasteiger partial charge in [-0.1, -0.05) is 24.3 Å². The quantitative estimate of drug-likeness (QED) is 0.737. The number of thiazole rings is 1. The molecule has 1 fully saturated rings. The molecule has 0 radical (unpaired) electrons. The number of nitrogens with one attached hydrogen (secondary N) is 1. The Bertz CT molecular complexity index is 1110. The maximum atomic E-state index is 13.9. The molecule has 142 valence electrons. The zero-order valence-corrected chi connectivity index (χ0v) is 15.7. The Morgan fingerprint density at radius 3 is 2.86 bits per heavy atom. The average Bonchev–Trinajstić information content (AvgIpc) is 3.32. The number of hydrogen-bond donors (Lipinski definition) is 1. The number of nitrogens with zero attached hydrogens (tertiary/aromatic N) is 3. The second-order valence-electron chi connectivity index (χ2n) is 6.26. The zero-order valence-electron chi connectivity index (χ0n) is 14.8. The maximum absolute atomic E-state index is 13.9. The van der Waals surface area contributed by atoms with Crippen molar-refractivity contribution >= 4 is 29.0 Å². The number of urea groups is 1. The fourth-order valence-electron chi connectivity index (χ4n) is 2.99. The van der Waals surface area contributed by atoms with E-state index in [1.54, 1.807) is 63.5 Å². The van der Waals surface area contributed by atoms with E-state index in [1.807, 2.05) is 0 Å². The van der Waals surface area contributed by atoms with Crippen molar-refractivity contribution in [3.63, 3.8) is 0 Å². The van der Waals surface area contributed by atoms with Gasteiger partial charge in [0, 0.05) is 41.5 Å². The molecule has 6 nitrogen and oxygen atoms in total. The molecule has 28 heavy (non-hydrogen) atoms. The van der Waals surface area contributed by atoms with Crippen LogP contribution in [0.1, 0.15) is 15.9 Å². The molecule has 8 heteroatoms. The lowest BCUT2D eigenvalue weighted by Gasteiger charge is -2.14. The highest BCUT2D eigenvalue weighted by atomic mass is 32.1. The fraction of sp³-hybridized carbons (Fsp3) is 0.150. The van der Waals surface area contributed by atoms with Crippen molar-refractivity contribution in [2.75, 3.05) is 18.0 Å². The third kappa shape index (κ3) is 3.72. The second kappa shape index (κ2) is 7.77. The molecule has 2 heterocycles. The number of aromatic nitrogens is 1. The Balaban J connectivity index is 1.60. The van der Waals surface area contributed by atoms with Crippen LogP contribution in [0.2, 0.25) is 0 Å². The van der Waals surface area contributed by atoms with Crippen LogP contribution in [0, 0.1) is 5.82 Å². The molecule has 0 saturated carbocycles. The summed E-state index contributed by atoms with van der Waals surface area (Å²) in [6, 6.07) is 13.2. The molecule has 2 aromatic carbocycles. The van der Waals surface area contributed by atoms with Gasteiger partial charge in [0.15, 0.2) is 4.80 Å². The minimum atomic E-state index is -0.411. The number of anilines is 1. The number of carbonyl (C=O) groups excluding carboxylic acids is 2. The number of hydrogen-bond acceptors (Lipinski definition) is 3. The third-order valence-corrected chi connectivity index (χ3v) is 5.21. The lowest BCUT2D eigenvalue weighted by atomic mass is 10.2. The van der Waals surface area contributed by atoms with Crippen molar-refractivity contribution in [3.05, 3.63) is 81.9 Å². The Morgan fingerprint density at radius 2 is 2.07 bits per heavy atom. The first-order valence-electron chi connectivity index (χ1n) is 8.73. The molecule has 1 aromatic heterocycles. The summed E-state index contributed by atoms with van der Waals surface area (Å²) in [7, 11) is 0. The molecule has 0 unspecified atom stereocenters. The van der Waals surface area contributed by atoms with Crippen molar-refractivity contribution in [2.24, 2.45) is 4.99 Å². The van der Waals surface area contributed by atoms with Gasteiger partial charge in [-0.2, -0.15) is 4.99 Å². The molecule has 1 aliphatic rings. The standard InChI is InChI=1S/C20H17FN4O2S/c21-17-7-2-1-4-15(17)13-24-10-11-28-20(24)23-18(26)14-5-3-6-16(12-14)25-9-8-22-19(25)27/h1-7,10-12H,8-9,13H2,(H,22,27). The summed E-state index contributed by atoms with van der Waals surface area (Å²) in [5.74, 6) is -0.707. The highest BCUT2D eigenvalue weighted by Crippen LogP contribution is 2.18. The van der Waals surface area contributed by atoms with Crippen LogP contribution in [-0.2, 0) is 6.54 Å². The Kier molecular flexibility index (Phi) is 5.03. The van der Waals surface area contributed by atoms with Gasteiger partial charge in [-0.3, -0.25) is 9.69 Å². The molecule has 3 amide bonds. The molecule has 3 aromatic rings. The van der Waals surface area contributed by atoms with Crippen LogP contribution in [0.25, 0.3) is 0 Å². The fourth-order valence-corrected chi connectivity index (χ4v) is 3.72. The normalized spacial score (nSPS) is 14.4.